The lowest BCUT2D eigenvalue weighted by atomic mass is 9.96. The molecule has 0 spiro atoms. The highest BCUT2D eigenvalue weighted by atomic mass is 35.5. The summed E-state index contributed by atoms with van der Waals surface area (Å²) in [7, 11) is 0. The first-order valence-electron chi connectivity index (χ1n) is 10.2. The van der Waals surface area contributed by atoms with Crippen LogP contribution in [0, 0.1) is 0 Å². The summed E-state index contributed by atoms with van der Waals surface area (Å²) in [6.07, 6.45) is 2.49. The van der Waals surface area contributed by atoms with Crippen LogP contribution in [0.3, 0.4) is 0 Å². The fourth-order valence-electron chi connectivity index (χ4n) is 3.77. The number of aryl methyl sites for hydroxylation is 2. The quantitative estimate of drug-likeness (QED) is 0.314. The van der Waals surface area contributed by atoms with Gasteiger partial charge in [0.2, 0.25) is 0 Å². The van der Waals surface area contributed by atoms with Gasteiger partial charge in [0, 0.05) is 11.1 Å². The number of phenols is 2. The number of hydrogen-bond acceptors (Lipinski definition) is 2. The minimum atomic E-state index is 0.106. The van der Waals surface area contributed by atoms with Crippen molar-refractivity contribution >= 4 is 23.2 Å². The number of rotatable bonds is 6. The normalized spacial score (nSPS) is 10.9. The molecule has 31 heavy (non-hydrogen) atoms. The van der Waals surface area contributed by atoms with Crippen molar-refractivity contribution in [2.75, 3.05) is 0 Å². The molecule has 0 aliphatic carbocycles. The van der Waals surface area contributed by atoms with E-state index in [9.17, 15) is 10.2 Å². The Kier molecular flexibility index (Phi) is 6.50. The first-order valence-corrected chi connectivity index (χ1v) is 10.9. The smallest absolute Gasteiger partial charge is 0.142 e. The molecular formula is C27H22Cl2O2. The third-order valence-electron chi connectivity index (χ3n) is 5.35. The van der Waals surface area contributed by atoms with E-state index in [0.29, 0.717) is 10.0 Å². The maximum atomic E-state index is 10.4. The third-order valence-corrected chi connectivity index (χ3v) is 5.92. The van der Waals surface area contributed by atoms with Gasteiger partial charge in [0.1, 0.15) is 11.5 Å². The number of phenolic OH excluding ortho intramolecular Hbond substituents is 2. The zero-order chi connectivity index (χ0) is 21.8. The Bertz CT molecular complexity index is 1090. The lowest BCUT2D eigenvalue weighted by molar-refractivity contribution is 0.477. The molecule has 0 bridgehead atoms. The van der Waals surface area contributed by atoms with Gasteiger partial charge in [0.25, 0.3) is 0 Å². The number of hydrogen-bond donors (Lipinski definition) is 2. The van der Waals surface area contributed by atoms with E-state index in [0.717, 1.165) is 52.6 Å². The summed E-state index contributed by atoms with van der Waals surface area (Å²) >= 11 is 12.6. The van der Waals surface area contributed by atoms with Gasteiger partial charge in [-0.3, -0.25) is 0 Å². The largest absolute Gasteiger partial charge is 0.506 e. The van der Waals surface area contributed by atoms with Crippen molar-refractivity contribution < 1.29 is 10.2 Å². The zero-order valence-corrected chi connectivity index (χ0v) is 18.4. The molecule has 0 aliphatic heterocycles. The SMILES string of the molecule is Oc1c(Cl)cc(CCCc2cc(Cl)c(O)c(-c3ccccc3)c2)cc1-c1ccccc1. The molecule has 0 amide bonds. The summed E-state index contributed by atoms with van der Waals surface area (Å²) in [6.45, 7) is 0. The summed E-state index contributed by atoms with van der Waals surface area (Å²) in [4.78, 5) is 0. The lowest BCUT2D eigenvalue weighted by Gasteiger charge is -2.12. The fraction of sp³-hybridized carbons (Fsp3) is 0.111. The fourth-order valence-corrected chi connectivity index (χ4v) is 4.26. The molecule has 4 aromatic carbocycles. The van der Waals surface area contributed by atoms with E-state index in [1.807, 2.05) is 84.9 Å². The Morgan fingerprint density at radius 2 is 0.935 bits per heavy atom. The minimum Gasteiger partial charge on any atom is -0.506 e. The highest BCUT2D eigenvalue weighted by molar-refractivity contribution is 6.33. The Labute approximate surface area is 192 Å². The number of benzene rings is 4. The van der Waals surface area contributed by atoms with Crippen molar-refractivity contribution in [1.29, 1.82) is 0 Å². The van der Waals surface area contributed by atoms with Gasteiger partial charge in [-0.15, -0.1) is 0 Å². The first-order chi connectivity index (χ1) is 15.0. The van der Waals surface area contributed by atoms with Gasteiger partial charge < -0.3 is 10.2 Å². The van der Waals surface area contributed by atoms with Crippen molar-refractivity contribution in [3.05, 3.63) is 106 Å². The molecule has 4 heteroatoms. The van der Waals surface area contributed by atoms with Gasteiger partial charge in [-0.05, 0) is 65.8 Å². The van der Waals surface area contributed by atoms with Crippen LogP contribution in [0.1, 0.15) is 17.5 Å². The van der Waals surface area contributed by atoms with Crippen LogP contribution < -0.4 is 0 Å². The van der Waals surface area contributed by atoms with E-state index in [1.165, 1.54) is 0 Å². The van der Waals surface area contributed by atoms with Gasteiger partial charge >= 0.3 is 0 Å². The van der Waals surface area contributed by atoms with E-state index in [2.05, 4.69) is 0 Å². The van der Waals surface area contributed by atoms with Gasteiger partial charge in [0.05, 0.1) is 10.0 Å². The molecule has 2 nitrogen and oxygen atoms in total. The molecule has 0 saturated carbocycles. The zero-order valence-electron chi connectivity index (χ0n) is 16.9. The van der Waals surface area contributed by atoms with Crippen LogP contribution in [0.25, 0.3) is 22.3 Å². The van der Waals surface area contributed by atoms with Crippen LogP contribution in [-0.2, 0) is 12.8 Å². The summed E-state index contributed by atoms with van der Waals surface area (Å²) < 4.78 is 0. The summed E-state index contributed by atoms with van der Waals surface area (Å²) in [5, 5.41) is 21.5. The second-order valence-corrected chi connectivity index (χ2v) is 8.35. The molecule has 0 radical (unpaired) electrons. The van der Waals surface area contributed by atoms with Crippen molar-refractivity contribution in [2.45, 2.75) is 19.3 Å². The summed E-state index contributed by atoms with van der Waals surface area (Å²) in [5.41, 5.74) is 5.47. The van der Waals surface area contributed by atoms with Crippen LogP contribution in [0.2, 0.25) is 10.0 Å². The lowest BCUT2D eigenvalue weighted by Crippen LogP contribution is -1.93. The monoisotopic (exact) mass is 448 g/mol. The third kappa shape index (κ3) is 4.87. The average Bonchev–Trinajstić information content (AvgIpc) is 2.79. The van der Waals surface area contributed by atoms with Gasteiger partial charge in [-0.1, -0.05) is 83.9 Å². The topological polar surface area (TPSA) is 40.5 Å². The molecule has 0 saturated heterocycles. The van der Waals surface area contributed by atoms with Gasteiger partial charge in [-0.25, -0.2) is 0 Å². The average molecular weight is 449 g/mol. The Morgan fingerprint density at radius 1 is 0.548 bits per heavy atom. The van der Waals surface area contributed by atoms with Crippen molar-refractivity contribution in [3.8, 4) is 33.8 Å². The van der Waals surface area contributed by atoms with E-state index in [-0.39, 0.29) is 11.5 Å². The van der Waals surface area contributed by atoms with Gasteiger partial charge in [-0.2, -0.15) is 0 Å². The van der Waals surface area contributed by atoms with Crippen molar-refractivity contribution in [3.63, 3.8) is 0 Å². The molecule has 156 valence electrons. The maximum Gasteiger partial charge on any atom is 0.142 e. The van der Waals surface area contributed by atoms with Crippen molar-refractivity contribution in [1.82, 2.24) is 0 Å². The van der Waals surface area contributed by atoms with E-state index in [4.69, 9.17) is 23.2 Å². The van der Waals surface area contributed by atoms with E-state index < -0.39 is 0 Å². The summed E-state index contributed by atoms with van der Waals surface area (Å²) in [5.74, 6) is 0.212. The molecule has 0 aromatic heterocycles. The van der Waals surface area contributed by atoms with E-state index >= 15 is 0 Å². The van der Waals surface area contributed by atoms with Crippen LogP contribution in [0.4, 0.5) is 0 Å². The van der Waals surface area contributed by atoms with E-state index in [1.54, 1.807) is 0 Å². The summed E-state index contributed by atoms with van der Waals surface area (Å²) in [6, 6.07) is 27.1. The second-order valence-electron chi connectivity index (χ2n) is 7.53. The molecule has 4 rings (SSSR count). The molecule has 0 unspecified atom stereocenters. The van der Waals surface area contributed by atoms with Crippen LogP contribution in [0.15, 0.2) is 84.9 Å². The van der Waals surface area contributed by atoms with Crippen LogP contribution >= 0.6 is 23.2 Å². The predicted octanol–water partition coefficient (Wildman–Crippen LogP) is 7.91. The second kappa shape index (κ2) is 9.47. The van der Waals surface area contributed by atoms with Crippen LogP contribution in [-0.4, -0.2) is 10.2 Å². The van der Waals surface area contributed by atoms with Crippen molar-refractivity contribution in [2.24, 2.45) is 0 Å². The Balaban J connectivity index is 1.53. The van der Waals surface area contributed by atoms with Crippen LogP contribution in [0.5, 0.6) is 11.5 Å². The Hall–Kier alpha value is -2.94. The predicted molar refractivity (Wildman–Crippen MR) is 129 cm³/mol. The number of aromatic hydroxyl groups is 2. The molecular weight excluding hydrogens is 427 g/mol. The first kappa shape index (κ1) is 21.3. The number of halogens is 2. The van der Waals surface area contributed by atoms with Gasteiger partial charge in [0.15, 0.2) is 0 Å². The molecule has 0 heterocycles. The molecule has 0 aliphatic rings. The molecule has 0 atom stereocenters. The highest BCUT2D eigenvalue weighted by Gasteiger charge is 2.12. The minimum absolute atomic E-state index is 0.106. The highest BCUT2D eigenvalue weighted by Crippen LogP contribution is 2.38. The molecule has 2 N–H and O–H groups in total. The standard InChI is InChI=1S/C27H22Cl2O2/c28-24-16-18(14-22(26(24)30)20-10-3-1-4-11-20)8-7-9-19-15-23(27(31)25(29)17-19)21-12-5-2-6-13-21/h1-6,10-17,30-31H,7-9H2. The molecule has 0 fully saturated rings. The Morgan fingerprint density at radius 3 is 1.32 bits per heavy atom. The molecule has 4 aromatic rings. The maximum absolute atomic E-state index is 10.4.